The Kier molecular flexibility index (Phi) is 4.54. The summed E-state index contributed by atoms with van der Waals surface area (Å²) in [6.45, 7) is 6.05. The largest absolute Gasteiger partial charge is 0.508 e. The van der Waals surface area contributed by atoms with Crippen molar-refractivity contribution >= 4 is 0 Å². The number of aromatic hydroxyl groups is 1. The van der Waals surface area contributed by atoms with E-state index in [0.717, 1.165) is 5.92 Å². The molecular formula is C19H29NO. The van der Waals surface area contributed by atoms with Crippen molar-refractivity contribution in [1.82, 2.24) is 4.90 Å². The van der Waals surface area contributed by atoms with Crippen molar-refractivity contribution in [2.24, 2.45) is 5.92 Å². The summed E-state index contributed by atoms with van der Waals surface area (Å²) in [4.78, 5) is 2.69. The number of likely N-dealkylation sites (tertiary alicyclic amines) is 1. The van der Waals surface area contributed by atoms with Gasteiger partial charge in [-0.05, 0) is 62.4 Å². The molecule has 0 aromatic heterocycles. The van der Waals surface area contributed by atoms with Crippen LogP contribution >= 0.6 is 0 Å². The van der Waals surface area contributed by atoms with Crippen molar-refractivity contribution in [1.29, 1.82) is 0 Å². The number of phenolic OH excluding ortho intramolecular Hbond substituents is 1. The monoisotopic (exact) mass is 287 g/mol. The highest BCUT2D eigenvalue weighted by molar-refractivity contribution is 5.35. The third-order valence-corrected chi connectivity index (χ3v) is 5.81. The second-order valence-electron chi connectivity index (χ2n) is 7.05. The molecule has 1 aromatic carbocycles. The first kappa shape index (κ1) is 14.9. The molecule has 2 atom stereocenters. The van der Waals surface area contributed by atoms with Crippen LogP contribution in [0.25, 0.3) is 0 Å². The molecule has 2 aliphatic rings. The fourth-order valence-corrected chi connectivity index (χ4v) is 4.63. The Balaban J connectivity index is 1.72. The van der Waals surface area contributed by atoms with Gasteiger partial charge < -0.3 is 10.0 Å². The minimum Gasteiger partial charge on any atom is -0.508 e. The molecule has 1 saturated heterocycles. The molecule has 0 amide bonds. The number of phenols is 1. The topological polar surface area (TPSA) is 23.5 Å². The van der Waals surface area contributed by atoms with E-state index in [1.807, 2.05) is 12.1 Å². The molecule has 1 aliphatic carbocycles. The maximum atomic E-state index is 9.85. The van der Waals surface area contributed by atoms with E-state index in [-0.39, 0.29) is 0 Å². The predicted octanol–water partition coefficient (Wildman–Crippen LogP) is 4.33. The highest BCUT2D eigenvalue weighted by Gasteiger charge is 2.47. The lowest BCUT2D eigenvalue weighted by Crippen LogP contribution is -2.47. The summed E-state index contributed by atoms with van der Waals surface area (Å²) in [5.41, 5.74) is 1.73. The van der Waals surface area contributed by atoms with Crippen LogP contribution in [0.15, 0.2) is 24.3 Å². The van der Waals surface area contributed by atoms with Gasteiger partial charge in [-0.25, -0.2) is 0 Å². The smallest absolute Gasteiger partial charge is 0.115 e. The van der Waals surface area contributed by atoms with Gasteiger partial charge in [-0.3, -0.25) is 0 Å². The van der Waals surface area contributed by atoms with Gasteiger partial charge >= 0.3 is 0 Å². The summed E-state index contributed by atoms with van der Waals surface area (Å²) in [6.07, 6.45) is 9.31. The minimum absolute atomic E-state index is 0.347. The molecule has 1 heterocycles. The van der Waals surface area contributed by atoms with Crippen LogP contribution in [0.5, 0.6) is 5.75 Å². The molecule has 116 valence electrons. The molecule has 1 N–H and O–H groups in total. The van der Waals surface area contributed by atoms with Gasteiger partial charge in [-0.15, -0.1) is 0 Å². The number of unbranched alkanes of at least 4 members (excludes halogenated alkanes) is 2. The fraction of sp³-hybridized carbons (Fsp3) is 0.684. The second kappa shape index (κ2) is 6.39. The van der Waals surface area contributed by atoms with E-state index < -0.39 is 0 Å². The zero-order valence-electron chi connectivity index (χ0n) is 13.4. The van der Waals surface area contributed by atoms with Gasteiger partial charge in [0, 0.05) is 12.0 Å². The zero-order chi connectivity index (χ0) is 14.7. The van der Waals surface area contributed by atoms with Crippen LogP contribution in [0.1, 0.15) is 57.4 Å². The number of hydrogen-bond donors (Lipinski definition) is 1. The first-order chi connectivity index (χ1) is 10.2. The predicted molar refractivity (Wildman–Crippen MR) is 87.7 cm³/mol. The molecule has 2 fully saturated rings. The summed E-state index contributed by atoms with van der Waals surface area (Å²) in [6, 6.07) is 8.07. The van der Waals surface area contributed by atoms with Crippen molar-refractivity contribution < 1.29 is 5.11 Å². The lowest BCUT2D eigenvalue weighted by molar-refractivity contribution is 0.109. The van der Waals surface area contributed by atoms with Crippen LogP contribution in [0.2, 0.25) is 0 Å². The average molecular weight is 287 g/mol. The van der Waals surface area contributed by atoms with Crippen LogP contribution < -0.4 is 0 Å². The lowest BCUT2D eigenvalue weighted by Gasteiger charge is -2.45. The average Bonchev–Trinajstić information content (AvgIpc) is 2.92. The molecule has 0 bridgehead atoms. The normalized spacial score (nSPS) is 29.5. The Bertz CT molecular complexity index is 472. The standard InChI is InChI=1S/C19H29NO/c1-2-3-4-12-20-13-11-19(10-6-8-17(19)15-20)16-7-5-9-18(21)14-16/h5,7,9,14,17,21H,2-4,6,8,10-13,15H2,1H3. The fourth-order valence-electron chi connectivity index (χ4n) is 4.63. The van der Waals surface area contributed by atoms with E-state index >= 15 is 0 Å². The van der Waals surface area contributed by atoms with Crippen LogP contribution in [0.3, 0.4) is 0 Å². The summed E-state index contributed by atoms with van der Waals surface area (Å²) in [5, 5.41) is 9.85. The van der Waals surface area contributed by atoms with Gasteiger partial charge in [0.1, 0.15) is 5.75 Å². The Morgan fingerprint density at radius 2 is 2.19 bits per heavy atom. The molecule has 1 saturated carbocycles. The van der Waals surface area contributed by atoms with E-state index in [9.17, 15) is 5.11 Å². The minimum atomic E-state index is 0.347. The molecule has 0 radical (unpaired) electrons. The zero-order valence-corrected chi connectivity index (χ0v) is 13.4. The summed E-state index contributed by atoms with van der Waals surface area (Å²) in [7, 11) is 0. The van der Waals surface area contributed by atoms with Crippen LogP contribution in [-0.2, 0) is 5.41 Å². The molecule has 2 unspecified atom stereocenters. The number of nitrogens with zero attached hydrogens (tertiary/aromatic N) is 1. The molecule has 2 heteroatoms. The van der Waals surface area contributed by atoms with Crippen molar-refractivity contribution in [3.05, 3.63) is 29.8 Å². The third kappa shape index (κ3) is 2.96. The number of fused-ring (bicyclic) bond motifs is 1. The Labute approximate surface area is 129 Å². The number of benzene rings is 1. The van der Waals surface area contributed by atoms with Crippen molar-refractivity contribution in [2.75, 3.05) is 19.6 Å². The van der Waals surface area contributed by atoms with Crippen LogP contribution in [0, 0.1) is 5.92 Å². The van der Waals surface area contributed by atoms with Gasteiger partial charge in [0.25, 0.3) is 0 Å². The van der Waals surface area contributed by atoms with E-state index in [1.165, 1.54) is 70.1 Å². The Hall–Kier alpha value is -1.02. The SMILES string of the molecule is CCCCCN1CCC2(c3cccc(O)c3)CCCC2C1. The summed E-state index contributed by atoms with van der Waals surface area (Å²) >= 11 is 0. The van der Waals surface area contributed by atoms with Crippen LogP contribution in [0.4, 0.5) is 0 Å². The first-order valence-electron chi connectivity index (χ1n) is 8.76. The number of rotatable bonds is 5. The molecular weight excluding hydrogens is 258 g/mol. The Morgan fingerprint density at radius 1 is 1.29 bits per heavy atom. The van der Waals surface area contributed by atoms with E-state index in [1.54, 1.807) is 6.07 Å². The summed E-state index contributed by atoms with van der Waals surface area (Å²) in [5.74, 6) is 1.22. The van der Waals surface area contributed by atoms with E-state index in [4.69, 9.17) is 0 Å². The van der Waals surface area contributed by atoms with Gasteiger partial charge in [0.2, 0.25) is 0 Å². The van der Waals surface area contributed by atoms with E-state index in [0.29, 0.717) is 11.2 Å². The maximum Gasteiger partial charge on any atom is 0.115 e. The highest BCUT2D eigenvalue weighted by Crippen LogP contribution is 2.51. The van der Waals surface area contributed by atoms with Crippen molar-refractivity contribution in [3.63, 3.8) is 0 Å². The molecule has 1 aliphatic heterocycles. The van der Waals surface area contributed by atoms with Gasteiger partial charge in [-0.1, -0.05) is 38.3 Å². The van der Waals surface area contributed by atoms with Crippen molar-refractivity contribution in [3.8, 4) is 5.75 Å². The number of piperidine rings is 1. The maximum absolute atomic E-state index is 9.85. The summed E-state index contributed by atoms with van der Waals surface area (Å²) < 4.78 is 0. The highest BCUT2D eigenvalue weighted by atomic mass is 16.3. The van der Waals surface area contributed by atoms with Gasteiger partial charge in [-0.2, -0.15) is 0 Å². The molecule has 2 nitrogen and oxygen atoms in total. The Morgan fingerprint density at radius 3 is 3.00 bits per heavy atom. The molecule has 3 rings (SSSR count). The quantitative estimate of drug-likeness (QED) is 0.815. The van der Waals surface area contributed by atoms with E-state index in [2.05, 4.69) is 17.9 Å². The first-order valence-corrected chi connectivity index (χ1v) is 8.76. The molecule has 1 aromatic rings. The van der Waals surface area contributed by atoms with Crippen molar-refractivity contribution in [2.45, 2.75) is 57.3 Å². The van der Waals surface area contributed by atoms with Gasteiger partial charge in [0.05, 0.1) is 0 Å². The molecule has 21 heavy (non-hydrogen) atoms. The molecule has 0 spiro atoms. The second-order valence-corrected chi connectivity index (χ2v) is 7.05. The van der Waals surface area contributed by atoms with Crippen LogP contribution in [-0.4, -0.2) is 29.6 Å². The number of hydrogen-bond acceptors (Lipinski definition) is 2. The van der Waals surface area contributed by atoms with Gasteiger partial charge in [0.15, 0.2) is 0 Å². The third-order valence-electron chi connectivity index (χ3n) is 5.81. The lowest BCUT2D eigenvalue weighted by atomic mass is 9.67.